The first-order chi connectivity index (χ1) is 12.4. The summed E-state index contributed by atoms with van der Waals surface area (Å²) in [5.74, 6) is 0.266. The average molecular weight is 363 g/mol. The van der Waals surface area contributed by atoms with Crippen LogP contribution in [0.1, 0.15) is 24.3 Å². The molecule has 1 fully saturated rings. The number of hydrogen-bond donors (Lipinski definition) is 5. The van der Waals surface area contributed by atoms with Gasteiger partial charge in [-0.15, -0.1) is 0 Å². The third-order valence-electron chi connectivity index (χ3n) is 4.56. The van der Waals surface area contributed by atoms with Gasteiger partial charge in [0.2, 0.25) is 0 Å². The molecule has 8 heteroatoms. The van der Waals surface area contributed by atoms with Gasteiger partial charge in [-0.1, -0.05) is 0 Å². The standard InChI is InChI=1S/C18H21NO7/c20-7-13(16(23)17(24)14(22)8-21)19-11-4-3-10-5-12(9-1-2-9)18(25)26-15(10)6-11/h3-7,9,13-14,16-17,19,21-24H,1-2,8H2/t13-,14+,16+,17+/m0/s1. The predicted octanol–water partition coefficient (Wildman–Crippen LogP) is -0.275. The molecule has 5 N–H and O–H groups in total. The summed E-state index contributed by atoms with van der Waals surface area (Å²) in [4.78, 5) is 23.3. The maximum Gasteiger partial charge on any atom is 0.339 e. The minimum atomic E-state index is -1.71. The number of aliphatic hydroxyl groups is 4. The zero-order valence-corrected chi connectivity index (χ0v) is 13.9. The van der Waals surface area contributed by atoms with Crippen LogP contribution in [-0.4, -0.2) is 57.7 Å². The van der Waals surface area contributed by atoms with Crippen LogP contribution in [0.5, 0.6) is 0 Å². The van der Waals surface area contributed by atoms with Crippen molar-refractivity contribution >= 4 is 22.9 Å². The van der Waals surface area contributed by atoms with E-state index in [0.717, 1.165) is 18.2 Å². The van der Waals surface area contributed by atoms with E-state index in [4.69, 9.17) is 9.52 Å². The fraction of sp³-hybridized carbons (Fsp3) is 0.444. The Hall–Kier alpha value is -2.26. The monoisotopic (exact) mass is 363 g/mol. The number of fused-ring (bicyclic) bond motifs is 1. The van der Waals surface area contributed by atoms with Gasteiger partial charge in [-0.05, 0) is 37.0 Å². The van der Waals surface area contributed by atoms with E-state index >= 15 is 0 Å². The van der Waals surface area contributed by atoms with Crippen LogP contribution >= 0.6 is 0 Å². The SMILES string of the molecule is O=C[C@H](Nc1ccc2cc(C3CC3)c(=O)oc2c1)[C@@H](O)[C@H](O)[C@H](O)CO. The van der Waals surface area contributed by atoms with E-state index in [0.29, 0.717) is 23.1 Å². The number of carbonyl (C=O) groups excluding carboxylic acids is 1. The van der Waals surface area contributed by atoms with Crippen molar-refractivity contribution in [2.75, 3.05) is 11.9 Å². The molecule has 0 amide bonds. The Kier molecular flexibility index (Phi) is 5.38. The number of anilines is 1. The summed E-state index contributed by atoms with van der Waals surface area (Å²) in [5.41, 5.74) is 1.01. The average Bonchev–Trinajstić information content (AvgIpc) is 3.48. The molecule has 4 atom stereocenters. The number of hydrogen-bond acceptors (Lipinski definition) is 8. The van der Waals surface area contributed by atoms with Crippen molar-refractivity contribution in [3.63, 3.8) is 0 Å². The summed E-state index contributed by atoms with van der Waals surface area (Å²) < 4.78 is 5.34. The van der Waals surface area contributed by atoms with E-state index in [1.807, 2.05) is 0 Å². The maximum atomic E-state index is 12.0. The summed E-state index contributed by atoms with van der Waals surface area (Å²) in [6.07, 6.45) is -2.58. The highest BCUT2D eigenvalue weighted by molar-refractivity contribution is 5.81. The van der Waals surface area contributed by atoms with E-state index in [1.54, 1.807) is 18.2 Å². The Labute approximate surface area is 148 Å². The fourth-order valence-electron chi connectivity index (χ4n) is 2.84. The number of aldehydes is 1. The molecule has 8 nitrogen and oxygen atoms in total. The van der Waals surface area contributed by atoms with E-state index in [-0.39, 0.29) is 11.5 Å². The van der Waals surface area contributed by atoms with Crippen LogP contribution < -0.4 is 10.9 Å². The second kappa shape index (κ2) is 7.55. The summed E-state index contributed by atoms with van der Waals surface area (Å²) >= 11 is 0. The minimum absolute atomic E-state index is 0.266. The Morgan fingerprint density at radius 1 is 1.19 bits per heavy atom. The molecule has 0 aliphatic heterocycles. The van der Waals surface area contributed by atoms with Crippen molar-refractivity contribution in [3.8, 4) is 0 Å². The third-order valence-corrected chi connectivity index (χ3v) is 4.56. The maximum absolute atomic E-state index is 12.0. The van der Waals surface area contributed by atoms with E-state index < -0.39 is 31.0 Å². The summed E-state index contributed by atoms with van der Waals surface area (Å²) in [6.45, 7) is -0.756. The molecule has 1 heterocycles. The number of benzene rings is 1. The molecule has 26 heavy (non-hydrogen) atoms. The molecule has 0 radical (unpaired) electrons. The van der Waals surface area contributed by atoms with Crippen LogP contribution in [0.4, 0.5) is 5.69 Å². The van der Waals surface area contributed by atoms with Crippen molar-refractivity contribution in [1.82, 2.24) is 0 Å². The highest BCUT2D eigenvalue weighted by Crippen LogP contribution is 2.39. The van der Waals surface area contributed by atoms with Gasteiger partial charge in [0.05, 0.1) is 6.61 Å². The van der Waals surface area contributed by atoms with Crippen molar-refractivity contribution in [3.05, 3.63) is 40.2 Å². The van der Waals surface area contributed by atoms with E-state index in [1.165, 1.54) is 6.07 Å². The van der Waals surface area contributed by atoms with Crippen LogP contribution in [0.15, 0.2) is 33.5 Å². The van der Waals surface area contributed by atoms with Gasteiger partial charge in [-0.3, -0.25) is 0 Å². The summed E-state index contributed by atoms with van der Waals surface area (Å²) in [5, 5.41) is 41.5. The van der Waals surface area contributed by atoms with Crippen LogP contribution in [-0.2, 0) is 4.79 Å². The lowest BCUT2D eigenvalue weighted by Crippen LogP contribution is -2.49. The van der Waals surface area contributed by atoms with Crippen molar-refractivity contribution in [2.24, 2.45) is 0 Å². The molecule has 1 aromatic carbocycles. The molecule has 1 saturated carbocycles. The van der Waals surface area contributed by atoms with Crippen LogP contribution in [0, 0.1) is 0 Å². The number of carbonyl (C=O) groups is 1. The molecule has 1 aliphatic rings. The van der Waals surface area contributed by atoms with Crippen LogP contribution in [0.2, 0.25) is 0 Å². The molecule has 3 rings (SSSR count). The molecule has 0 bridgehead atoms. The lowest BCUT2D eigenvalue weighted by Gasteiger charge is -2.26. The minimum Gasteiger partial charge on any atom is -0.422 e. The Bertz CT molecular complexity index is 845. The largest absolute Gasteiger partial charge is 0.422 e. The fourth-order valence-corrected chi connectivity index (χ4v) is 2.84. The first-order valence-electron chi connectivity index (χ1n) is 8.39. The first kappa shape index (κ1) is 18.5. The Morgan fingerprint density at radius 2 is 1.92 bits per heavy atom. The van der Waals surface area contributed by atoms with Crippen LogP contribution in [0.25, 0.3) is 11.0 Å². The van der Waals surface area contributed by atoms with Gasteiger partial charge in [0.15, 0.2) is 0 Å². The van der Waals surface area contributed by atoms with Crippen molar-refractivity contribution in [2.45, 2.75) is 43.1 Å². The number of rotatable bonds is 8. The van der Waals surface area contributed by atoms with Crippen molar-refractivity contribution < 1.29 is 29.6 Å². The van der Waals surface area contributed by atoms with Gasteiger partial charge in [0, 0.05) is 22.7 Å². The van der Waals surface area contributed by atoms with Gasteiger partial charge in [0.1, 0.15) is 36.2 Å². The smallest absolute Gasteiger partial charge is 0.339 e. The second-order valence-electron chi connectivity index (χ2n) is 6.55. The van der Waals surface area contributed by atoms with Gasteiger partial charge < -0.3 is 35.0 Å². The zero-order chi connectivity index (χ0) is 18.8. The van der Waals surface area contributed by atoms with Gasteiger partial charge in [-0.2, -0.15) is 0 Å². The second-order valence-corrected chi connectivity index (χ2v) is 6.55. The lowest BCUT2D eigenvalue weighted by molar-refractivity contribution is -0.117. The molecule has 0 saturated heterocycles. The molecular weight excluding hydrogens is 342 g/mol. The molecule has 2 aromatic rings. The molecule has 1 aliphatic carbocycles. The Balaban J connectivity index is 1.82. The van der Waals surface area contributed by atoms with E-state index in [2.05, 4.69) is 5.32 Å². The summed E-state index contributed by atoms with van der Waals surface area (Å²) in [6, 6.07) is 5.46. The summed E-state index contributed by atoms with van der Waals surface area (Å²) in [7, 11) is 0. The normalized spacial score (nSPS) is 18.9. The lowest BCUT2D eigenvalue weighted by atomic mass is 10.0. The van der Waals surface area contributed by atoms with Crippen LogP contribution in [0.3, 0.4) is 0 Å². The van der Waals surface area contributed by atoms with Gasteiger partial charge in [-0.25, -0.2) is 4.79 Å². The zero-order valence-electron chi connectivity index (χ0n) is 13.9. The first-order valence-corrected chi connectivity index (χ1v) is 8.39. The van der Waals surface area contributed by atoms with Gasteiger partial charge in [0.25, 0.3) is 0 Å². The topological polar surface area (TPSA) is 140 Å². The molecule has 0 spiro atoms. The van der Waals surface area contributed by atoms with Crippen molar-refractivity contribution in [1.29, 1.82) is 0 Å². The quantitative estimate of drug-likeness (QED) is 0.319. The highest BCUT2D eigenvalue weighted by atomic mass is 16.4. The molecule has 0 unspecified atom stereocenters. The Morgan fingerprint density at radius 3 is 2.54 bits per heavy atom. The number of aliphatic hydroxyl groups excluding tert-OH is 4. The highest BCUT2D eigenvalue weighted by Gasteiger charge is 2.31. The third kappa shape index (κ3) is 3.78. The predicted molar refractivity (Wildman–Crippen MR) is 93.0 cm³/mol. The number of nitrogens with one attached hydrogen (secondary N) is 1. The molecular formula is C18H21NO7. The molecule has 1 aromatic heterocycles. The van der Waals surface area contributed by atoms with E-state index in [9.17, 15) is 24.9 Å². The molecule has 140 valence electrons. The van der Waals surface area contributed by atoms with Gasteiger partial charge >= 0.3 is 5.63 Å².